The molecule has 0 aliphatic carbocycles. The average molecular weight is 341 g/mol. The topological polar surface area (TPSA) is 66.8 Å². The van der Waals surface area contributed by atoms with Gasteiger partial charge in [-0.05, 0) is 36.8 Å². The predicted molar refractivity (Wildman–Crippen MR) is 89.4 cm³/mol. The van der Waals surface area contributed by atoms with Crippen molar-refractivity contribution in [3.63, 3.8) is 0 Å². The zero-order valence-electron chi connectivity index (χ0n) is 13.5. The van der Waals surface area contributed by atoms with Crippen LogP contribution in [0.15, 0.2) is 65.9 Å². The Hall–Kier alpha value is -3.15. The van der Waals surface area contributed by atoms with Gasteiger partial charge in [0.05, 0.1) is 12.6 Å². The zero-order valence-corrected chi connectivity index (χ0v) is 13.5. The second-order valence-electron chi connectivity index (χ2n) is 5.45. The maximum atomic E-state index is 13.3. The molecule has 1 aliphatic heterocycles. The Morgan fingerprint density at radius 3 is 2.40 bits per heavy atom. The standard InChI is InChI=1S/C19H16FNO4/c1-2-25-19(24)15-16(12-8-10-13(20)11-9-12)21(18(23)17(15)22)14-6-4-3-5-7-14/h3-11,16,22H,2H2,1H3. The zero-order chi connectivity index (χ0) is 18.0. The molecule has 1 amide bonds. The van der Waals surface area contributed by atoms with Crippen molar-refractivity contribution in [2.45, 2.75) is 13.0 Å². The third kappa shape index (κ3) is 2.98. The normalized spacial score (nSPS) is 17.1. The van der Waals surface area contributed by atoms with Gasteiger partial charge in [0.1, 0.15) is 11.4 Å². The van der Waals surface area contributed by atoms with Crippen LogP contribution in [0.5, 0.6) is 0 Å². The summed E-state index contributed by atoms with van der Waals surface area (Å²) in [6, 6.07) is 13.2. The molecular formula is C19H16FNO4. The molecular weight excluding hydrogens is 325 g/mol. The lowest BCUT2D eigenvalue weighted by Crippen LogP contribution is -2.31. The number of aliphatic hydroxyl groups excluding tert-OH is 1. The first-order chi connectivity index (χ1) is 12.0. The lowest BCUT2D eigenvalue weighted by molar-refractivity contribution is -0.139. The van der Waals surface area contributed by atoms with Crippen molar-refractivity contribution in [2.75, 3.05) is 11.5 Å². The van der Waals surface area contributed by atoms with Gasteiger partial charge in [0.25, 0.3) is 5.91 Å². The van der Waals surface area contributed by atoms with E-state index in [1.54, 1.807) is 37.3 Å². The summed E-state index contributed by atoms with van der Waals surface area (Å²) < 4.78 is 18.3. The van der Waals surface area contributed by atoms with Crippen molar-refractivity contribution in [3.8, 4) is 0 Å². The first-order valence-corrected chi connectivity index (χ1v) is 7.79. The summed E-state index contributed by atoms with van der Waals surface area (Å²) in [6.07, 6.45) is 0. The van der Waals surface area contributed by atoms with Gasteiger partial charge in [0, 0.05) is 5.69 Å². The Balaban J connectivity index is 2.14. The summed E-state index contributed by atoms with van der Waals surface area (Å²) in [6.45, 7) is 1.74. The molecule has 1 unspecified atom stereocenters. The molecule has 6 heteroatoms. The summed E-state index contributed by atoms with van der Waals surface area (Å²) in [5, 5.41) is 10.3. The summed E-state index contributed by atoms with van der Waals surface area (Å²) in [7, 11) is 0. The van der Waals surface area contributed by atoms with Crippen LogP contribution in [0.3, 0.4) is 0 Å². The van der Waals surface area contributed by atoms with Gasteiger partial charge in [-0.2, -0.15) is 0 Å². The fraction of sp³-hybridized carbons (Fsp3) is 0.158. The maximum Gasteiger partial charge on any atom is 0.340 e. The molecule has 5 nitrogen and oxygen atoms in total. The Morgan fingerprint density at radius 2 is 1.80 bits per heavy atom. The molecule has 0 bridgehead atoms. The largest absolute Gasteiger partial charge is 0.503 e. The van der Waals surface area contributed by atoms with Gasteiger partial charge in [0.2, 0.25) is 0 Å². The van der Waals surface area contributed by atoms with E-state index >= 15 is 0 Å². The molecule has 1 N–H and O–H groups in total. The second-order valence-corrected chi connectivity index (χ2v) is 5.45. The summed E-state index contributed by atoms with van der Waals surface area (Å²) in [4.78, 5) is 26.2. The van der Waals surface area contributed by atoms with Crippen molar-refractivity contribution in [3.05, 3.63) is 77.3 Å². The summed E-state index contributed by atoms with van der Waals surface area (Å²) in [5.74, 6) is -2.58. The Kier molecular flexibility index (Phi) is 4.52. The van der Waals surface area contributed by atoms with E-state index in [0.717, 1.165) is 0 Å². The van der Waals surface area contributed by atoms with Gasteiger partial charge in [0.15, 0.2) is 5.76 Å². The van der Waals surface area contributed by atoms with Crippen LogP contribution in [0.1, 0.15) is 18.5 Å². The number of aliphatic hydroxyl groups is 1. The smallest absolute Gasteiger partial charge is 0.340 e. The van der Waals surface area contributed by atoms with E-state index in [-0.39, 0.29) is 12.2 Å². The molecule has 0 saturated carbocycles. The number of rotatable bonds is 4. The average Bonchev–Trinajstić information content (AvgIpc) is 2.88. The number of amides is 1. The van der Waals surface area contributed by atoms with Gasteiger partial charge in [-0.3, -0.25) is 9.69 Å². The maximum absolute atomic E-state index is 13.3. The van der Waals surface area contributed by atoms with Crippen LogP contribution in [-0.4, -0.2) is 23.6 Å². The molecule has 1 aliphatic rings. The van der Waals surface area contributed by atoms with E-state index in [1.165, 1.54) is 29.2 Å². The Morgan fingerprint density at radius 1 is 1.16 bits per heavy atom. The SMILES string of the molecule is CCOC(=O)C1=C(O)C(=O)N(c2ccccc2)C1c1ccc(F)cc1. The molecule has 0 saturated heterocycles. The number of para-hydroxylation sites is 1. The second kappa shape index (κ2) is 6.76. The van der Waals surface area contributed by atoms with Crippen LogP contribution < -0.4 is 4.90 Å². The molecule has 2 aromatic carbocycles. The monoisotopic (exact) mass is 341 g/mol. The van der Waals surface area contributed by atoms with E-state index in [2.05, 4.69) is 0 Å². The van der Waals surface area contributed by atoms with Crippen molar-refractivity contribution < 1.29 is 23.8 Å². The molecule has 3 rings (SSSR count). The molecule has 128 valence electrons. The third-order valence-corrected chi connectivity index (χ3v) is 3.92. The fourth-order valence-corrected chi connectivity index (χ4v) is 2.84. The molecule has 0 fully saturated rings. The van der Waals surface area contributed by atoms with Crippen LogP contribution in [0.4, 0.5) is 10.1 Å². The van der Waals surface area contributed by atoms with Crippen LogP contribution in [-0.2, 0) is 14.3 Å². The first-order valence-electron chi connectivity index (χ1n) is 7.79. The lowest BCUT2D eigenvalue weighted by Gasteiger charge is -2.26. The number of esters is 1. The minimum Gasteiger partial charge on any atom is -0.503 e. The quantitative estimate of drug-likeness (QED) is 0.867. The van der Waals surface area contributed by atoms with Crippen LogP contribution in [0.25, 0.3) is 0 Å². The van der Waals surface area contributed by atoms with Gasteiger partial charge < -0.3 is 9.84 Å². The van der Waals surface area contributed by atoms with Gasteiger partial charge in [-0.1, -0.05) is 30.3 Å². The number of carbonyl (C=O) groups excluding carboxylic acids is 2. The van der Waals surface area contributed by atoms with E-state index in [4.69, 9.17) is 4.74 Å². The summed E-state index contributed by atoms with van der Waals surface area (Å²) >= 11 is 0. The number of carbonyl (C=O) groups is 2. The molecule has 1 atom stereocenters. The van der Waals surface area contributed by atoms with Crippen molar-refractivity contribution in [1.82, 2.24) is 0 Å². The number of anilines is 1. The van der Waals surface area contributed by atoms with Crippen molar-refractivity contribution in [1.29, 1.82) is 0 Å². The van der Waals surface area contributed by atoms with Crippen LogP contribution in [0.2, 0.25) is 0 Å². The molecule has 0 radical (unpaired) electrons. The number of benzene rings is 2. The highest BCUT2D eigenvalue weighted by Gasteiger charge is 2.45. The van der Waals surface area contributed by atoms with Gasteiger partial charge >= 0.3 is 5.97 Å². The van der Waals surface area contributed by atoms with Crippen LogP contribution in [0, 0.1) is 5.82 Å². The van der Waals surface area contributed by atoms with Gasteiger partial charge in [-0.15, -0.1) is 0 Å². The minimum absolute atomic E-state index is 0.102. The minimum atomic E-state index is -0.894. The number of nitrogens with zero attached hydrogens (tertiary/aromatic N) is 1. The van der Waals surface area contributed by atoms with E-state index < -0.39 is 29.5 Å². The Labute approximate surface area is 144 Å². The highest BCUT2D eigenvalue weighted by Crippen LogP contribution is 2.40. The molecule has 2 aromatic rings. The van der Waals surface area contributed by atoms with Crippen molar-refractivity contribution in [2.24, 2.45) is 0 Å². The fourth-order valence-electron chi connectivity index (χ4n) is 2.84. The lowest BCUT2D eigenvalue weighted by atomic mass is 9.99. The molecule has 25 heavy (non-hydrogen) atoms. The molecule has 0 aromatic heterocycles. The van der Waals surface area contributed by atoms with E-state index in [0.29, 0.717) is 11.3 Å². The predicted octanol–water partition coefficient (Wildman–Crippen LogP) is 3.29. The number of hydrogen-bond acceptors (Lipinski definition) is 4. The molecule has 0 spiro atoms. The van der Waals surface area contributed by atoms with Crippen molar-refractivity contribution >= 4 is 17.6 Å². The van der Waals surface area contributed by atoms with E-state index in [1.807, 2.05) is 0 Å². The van der Waals surface area contributed by atoms with Gasteiger partial charge in [-0.25, -0.2) is 9.18 Å². The number of halogens is 1. The first kappa shape index (κ1) is 16.7. The highest BCUT2D eigenvalue weighted by molar-refractivity contribution is 6.15. The Bertz CT molecular complexity index is 830. The van der Waals surface area contributed by atoms with E-state index in [9.17, 15) is 19.1 Å². The molecule has 1 heterocycles. The van der Waals surface area contributed by atoms with Crippen LogP contribution >= 0.6 is 0 Å². The number of ether oxygens (including phenoxy) is 1. The highest BCUT2D eigenvalue weighted by atomic mass is 19.1. The summed E-state index contributed by atoms with van der Waals surface area (Å²) in [5.41, 5.74) is 0.848. The number of hydrogen-bond donors (Lipinski definition) is 1. The third-order valence-electron chi connectivity index (χ3n) is 3.92.